The van der Waals surface area contributed by atoms with E-state index < -0.39 is 0 Å². The first kappa shape index (κ1) is 10.1. The topological polar surface area (TPSA) is 28.2 Å². The van der Waals surface area contributed by atoms with Gasteiger partial charge in [0, 0.05) is 24.0 Å². The minimum Gasteiger partial charge on any atom is -0.357 e. The molecule has 0 saturated carbocycles. The van der Waals surface area contributed by atoms with Gasteiger partial charge in [0.15, 0.2) is 5.13 Å². The molecular formula is C10H14BrN3S. The summed E-state index contributed by atoms with van der Waals surface area (Å²) in [5, 5.41) is 6.66. The Morgan fingerprint density at radius 2 is 2.40 bits per heavy atom. The van der Waals surface area contributed by atoms with Crippen LogP contribution in [0.15, 0.2) is 9.98 Å². The van der Waals surface area contributed by atoms with Gasteiger partial charge in [0.2, 0.25) is 0 Å². The second-order valence-corrected chi connectivity index (χ2v) is 5.93. The molecule has 3 rings (SSSR count). The molecule has 1 aromatic rings. The number of anilines is 1. The van der Waals surface area contributed by atoms with E-state index in [1.165, 1.54) is 32.4 Å². The lowest BCUT2D eigenvalue weighted by Crippen LogP contribution is -2.33. The summed E-state index contributed by atoms with van der Waals surface area (Å²) < 4.78 is 0.941. The highest BCUT2D eigenvalue weighted by molar-refractivity contribution is 9.10. The largest absolute Gasteiger partial charge is 0.357 e. The first-order valence-corrected chi connectivity index (χ1v) is 7.12. The zero-order chi connectivity index (χ0) is 10.3. The molecular weight excluding hydrogens is 274 g/mol. The molecule has 3 nitrogen and oxygen atoms in total. The Balaban J connectivity index is 1.68. The molecule has 2 unspecified atom stereocenters. The van der Waals surface area contributed by atoms with Crippen LogP contribution >= 0.6 is 27.3 Å². The quantitative estimate of drug-likeness (QED) is 0.906. The van der Waals surface area contributed by atoms with E-state index >= 15 is 0 Å². The Morgan fingerprint density at radius 1 is 1.47 bits per heavy atom. The molecule has 2 aliphatic heterocycles. The highest BCUT2D eigenvalue weighted by Gasteiger charge is 2.37. The Bertz CT molecular complexity index is 354. The number of nitrogens with one attached hydrogen (secondary N) is 1. The van der Waals surface area contributed by atoms with E-state index in [4.69, 9.17) is 0 Å². The predicted molar refractivity (Wildman–Crippen MR) is 66.4 cm³/mol. The van der Waals surface area contributed by atoms with E-state index in [0.29, 0.717) is 6.04 Å². The fourth-order valence-electron chi connectivity index (χ4n) is 2.73. The summed E-state index contributed by atoms with van der Waals surface area (Å²) in [5.74, 6) is 0. The fourth-order valence-corrected chi connectivity index (χ4v) is 3.94. The van der Waals surface area contributed by atoms with Crippen molar-refractivity contribution in [3.05, 3.63) is 9.98 Å². The van der Waals surface area contributed by atoms with Crippen LogP contribution < -0.4 is 5.32 Å². The van der Waals surface area contributed by atoms with Gasteiger partial charge in [-0.25, -0.2) is 4.98 Å². The van der Waals surface area contributed by atoms with E-state index in [9.17, 15) is 0 Å². The van der Waals surface area contributed by atoms with Gasteiger partial charge in [-0.15, -0.1) is 11.3 Å². The van der Waals surface area contributed by atoms with Crippen LogP contribution in [0.5, 0.6) is 0 Å². The average Bonchev–Trinajstić information content (AvgIpc) is 2.85. The van der Waals surface area contributed by atoms with Crippen LogP contribution in [-0.4, -0.2) is 35.1 Å². The first-order chi connectivity index (χ1) is 7.33. The zero-order valence-corrected chi connectivity index (χ0v) is 10.9. The Kier molecular flexibility index (Phi) is 2.70. The zero-order valence-electron chi connectivity index (χ0n) is 8.45. The Morgan fingerprint density at radius 3 is 3.20 bits per heavy atom. The molecule has 82 valence electrons. The molecule has 0 radical (unpaired) electrons. The van der Waals surface area contributed by atoms with Crippen molar-refractivity contribution in [1.82, 2.24) is 9.88 Å². The Labute approximate surface area is 102 Å². The summed E-state index contributed by atoms with van der Waals surface area (Å²) in [7, 11) is 0. The number of rotatable bonds is 2. The van der Waals surface area contributed by atoms with Gasteiger partial charge in [0.05, 0.1) is 0 Å². The lowest BCUT2D eigenvalue weighted by atomic mass is 10.1. The second kappa shape index (κ2) is 4.03. The van der Waals surface area contributed by atoms with Crippen LogP contribution in [0.2, 0.25) is 0 Å². The lowest BCUT2D eigenvalue weighted by Gasteiger charge is -2.20. The van der Waals surface area contributed by atoms with Crippen molar-refractivity contribution < 1.29 is 0 Å². The highest BCUT2D eigenvalue weighted by Crippen LogP contribution is 2.31. The number of fused-ring (bicyclic) bond motifs is 1. The maximum atomic E-state index is 4.39. The molecule has 2 fully saturated rings. The maximum Gasteiger partial charge on any atom is 0.184 e. The molecule has 0 spiro atoms. The summed E-state index contributed by atoms with van der Waals surface area (Å²) in [6.07, 6.45) is 3.98. The van der Waals surface area contributed by atoms with E-state index in [1.807, 2.05) is 5.38 Å². The molecule has 2 aliphatic rings. The summed E-state index contributed by atoms with van der Waals surface area (Å²) in [5.41, 5.74) is 0. The van der Waals surface area contributed by atoms with Crippen molar-refractivity contribution in [3.8, 4) is 0 Å². The normalized spacial score (nSPS) is 30.7. The second-order valence-electron chi connectivity index (χ2n) is 4.26. The monoisotopic (exact) mass is 287 g/mol. The summed E-state index contributed by atoms with van der Waals surface area (Å²) in [6, 6.07) is 1.37. The van der Waals surface area contributed by atoms with Gasteiger partial charge >= 0.3 is 0 Å². The van der Waals surface area contributed by atoms with Gasteiger partial charge in [-0.05, 0) is 41.7 Å². The van der Waals surface area contributed by atoms with Crippen molar-refractivity contribution in [2.45, 2.75) is 31.3 Å². The number of hydrogen-bond acceptors (Lipinski definition) is 4. The molecule has 0 aliphatic carbocycles. The third kappa shape index (κ3) is 1.92. The number of hydrogen-bond donors (Lipinski definition) is 1. The third-order valence-electron chi connectivity index (χ3n) is 3.39. The van der Waals surface area contributed by atoms with Crippen LogP contribution in [0.25, 0.3) is 0 Å². The molecule has 2 atom stereocenters. The first-order valence-electron chi connectivity index (χ1n) is 5.44. The van der Waals surface area contributed by atoms with Crippen molar-refractivity contribution >= 4 is 32.4 Å². The number of aromatic nitrogens is 1. The van der Waals surface area contributed by atoms with Gasteiger partial charge in [-0.3, -0.25) is 4.90 Å². The van der Waals surface area contributed by atoms with Gasteiger partial charge in [-0.2, -0.15) is 0 Å². The molecule has 0 amide bonds. The number of halogens is 1. The minimum absolute atomic E-state index is 0.616. The number of thiazole rings is 1. The summed E-state index contributed by atoms with van der Waals surface area (Å²) in [6.45, 7) is 2.55. The smallest absolute Gasteiger partial charge is 0.184 e. The molecule has 1 aromatic heterocycles. The van der Waals surface area contributed by atoms with Crippen LogP contribution in [0, 0.1) is 0 Å². The fraction of sp³-hybridized carbons (Fsp3) is 0.700. The van der Waals surface area contributed by atoms with Crippen molar-refractivity contribution in [2.24, 2.45) is 0 Å². The number of nitrogens with zero attached hydrogens (tertiary/aromatic N) is 2. The van der Waals surface area contributed by atoms with Gasteiger partial charge < -0.3 is 5.32 Å². The SMILES string of the molecule is Brc1csc(NC2CCN3CCCC23)n1. The Hall–Kier alpha value is -0.130. The van der Waals surface area contributed by atoms with E-state index in [2.05, 4.69) is 31.1 Å². The van der Waals surface area contributed by atoms with E-state index in [0.717, 1.165) is 15.8 Å². The molecule has 0 bridgehead atoms. The predicted octanol–water partition coefficient (Wildman–Crippen LogP) is 2.55. The van der Waals surface area contributed by atoms with Crippen molar-refractivity contribution in [3.63, 3.8) is 0 Å². The standard InChI is InChI=1S/C10H14BrN3S/c11-9-6-15-10(13-9)12-7-3-5-14-4-1-2-8(7)14/h6-8H,1-5H2,(H,12,13). The van der Waals surface area contributed by atoms with Crippen LogP contribution in [-0.2, 0) is 0 Å². The van der Waals surface area contributed by atoms with Gasteiger partial charge in [0.1, 0.15) is 4.60 Å². The summed E-state index contributed by atoms with van der Waals surface area (Å²) >= 11 is 5.07. The molecule has 2 saturated heterocycles. The highest BCUT2D eigenvalue weighted by atomic mass is 79.9. The van der Waals surface area contributed by atoms with Crippen LogP contribution in [0.3, 0.4) is 0 Å². The van der Waals surface area contributed by atoms with Crippen LogP contribution in [0.4, 0.5) is 5.13 Å². The van der Waals surface area contributed by atoms with Crippen molar-refractivity contribution in [2.75, 3.05) is 18.4 Å². The molecule has 1 N–H and O–H groups in total. The van der Waals surface area contributed by atoms with E-state index in [1.54, 1.807) is 11.3 Å². The minimum atomic E-state index is 0.616. The summed E-state index contributed by atoms with van der Waals surface area (Å²) in [4.78, 5) is 7.01. The van der Waals surface area contributed by atoms with Crippen molar-refractivity contribution in [1.29, 1.82) is 0 Å². The van der Waals surface area contributed by atoms with Crippen LogP contribution in [0.1, 0.15) is 19.3 Å². The van der Waals surface area contributed by atoms with E-state index in [-0.39, 0.29) is 0 Å². The van der Waals surface area contributed by atoms with Gasteiger partial charge in [0.25, 0.3) is 0 Å². The maximum absolute atomic E-state index is 4.39. The molecule has 0 aromatic carbocycles. The average molecular weight is 288 g/mol. The molecule has 3 heterocycles. The van der Waals surface area contributed by atoms with Gasteiger partial charge in [-0.1, -0.05) is 0 Å². The third-order valence-corrected chi connectivity index (χ3v) is 4.87. The lowest BCUT2D eigenvalue weighted by molar-refractivity contribution is 0.318. The molecule has 5 heteroatoms. The molecule has 15 heavy (non-hydrogen) atoms.